The van der Waals surface area contributed by atoms with Crippen molar-refractivity contribution in [2.75, 3.05) is 27.4 Å². The zero-order valence-corrected chi connectivity index (χ0v) is 30.5. The largest absolute Gasteiger partial charge is 0.490 e. The Hall–Kier alpha value is -3.94. The highest BCUT2D eigenvalue weighted by atomic mass is 35.5. The predicted octanol–water partition coefficient (Wildman–Crippen LogP) is 4.74. The number of rotatable bonds is 8. The molecule has 5 N–H and O–H groups in total. The van der Waals surface area contributed by atoms with Gasteiger partial charge in [-0.15, -0.1) is 0 Å². The first-order valence-corrected chi connectivity index (χ1v) is 16.8. The van der Waals surface area contributed by atoms with Gasteiger partial charge < -0.3 is 40.4 Å². The second kappa shape index (κ2) is 18.9. The number of nitrogens with two attached hydrogens (primary N) is 1. The van der Waals surface area contributed by atoms with Crippen molar-refractivity contribution in [2.24, 2.45) is 17.6 Å². The molecule has 12 nitrogen and oxygen atoms in total. The Morgan fingerprint density at radius 1 is 1.12 bits per heavy atom. The van der Waals surface area contributed by atoms with Gasteiger partial charge in [0.25, 0.3) is 5.91 Å². The number of fused-ring (bicyclic) bond motifs is 2. The molecule has 0 aromatic heterocycles. The van der Waals surface area contributed by atoms with E-state index in [2.05, 4.69) is 10.6 Å². The molecule has 2 bridgehead atoms. The van der Waals surface area contributed by atoms with Gasteiger partial charge in [-0.25, -0.2) is 4.79 Å². The number of benzene rings is 1. The molecule has 0 saturated heterocycles. The van der Waals surface area contributed by atoms with Crippen molar-refractivity contribution in [3.8, 4) is 5.75 Å². The van der Waals surface area contributed by atoms with Crippen molar-refractivity contribution in [2.45, 2.75) is 65.0 Å². The van der Waals surface area contributed by atoms with E-state index in [1.165, 1.54) is 33.3 Å². The maximum Gasteiger partial charge on any atom is 0.405 e. The molecule has 2 aliphatic rings. The third-order valence-electron chi connectivity index (χ3n) is 8.35. The summed E-state index contributed by atoms with van der Waals surface area (Å²) >= 11 is 12.2. The molecule has 50 heavy (non-hydrogen) atoms. The number of halogens is 2. The lowest BCUT2D eigenvalue weighted by Crippen LogP contribution is -2.38. The van der Waals surface area contributed by atoms with Crippen LogP contribution in [-0.2, 0) is 28.6 Å². The SMILES string of the molecule is CO[C@H]1/C=C\C=C(/C)C(=O)NC2=CC(=O)C(NCCOc3ccc(Cl)cc3Cl)=C(C[C@@H](C)C[C@H](OC)[C@H](O)[C@@H](C)/C=C(\C)[C@@H]1OC(N)=O)C2=O. The maximum atomic E-state index is 13.9. The molecule has 1 heterocycles. The van der Waals surface area contributed by atoms with Gasteiger partial charge in [-0.3, -0.25) is 14.4 Å². The van der Waals surface area contributed by atoms with Crippen LogP contribution in [0.25, 0.3) is 0 Å². The zero-order valence-electron chi connectivity index (χ0n) is 29.0. The van der Waals surface area contributed by atoms with Crippen LogP contribution in [0.5, 0.6) is 5.75 Å². The van der Waals surface area contributed by atoms with E-state index in [1.54, 1.807) is 44.2 Å². The molecule has 0 saturated carbocycles. The molecule has 1 aliphatic heterocycles. The fourth-order valence-electron chi connectivity index (χ4n) is 5.71. The normalized spacial score (nSPS) is 28.4. The number of hydrogen-bond acceptors (Lipinski definition) is 10. The number of allylic oxidation sites excluding steroid dienone is 4. The van der Waals surface area contributed by atoms with E-state index < -0.39 is 53.9 Å². The Bertz CT molecular complexity index is 1600. The van der Waals surface area contributed by atoms with E-state index in [4.69, 9.17) is 47.9 Å². The average molecular weight is 735 g/mol. The molecule has 2 amide bonds. The number of amides is 2. The van der Waals surface area contributed by atoms with E-state index in [0.29, 0.717) is 27.8 Å². The van der Waals surface area contributed by atoms with Crippen LogP contribution >= 0.6 is 23.2 Å². The highest BCUT2D eigenvalue weighted by Gasteiger charge is 2.33. The average Bonchev–Trinajstić information content (AvgIpc) is 3.06. The summed E-state index contributed by atoms with van der Waals surface area (Å²) in [7, 11) is 2.90. The zero-order chi connectivity index (χ0) is 37.1. The Balaban J connectivity index is 1.98. The van der Waals surface area contributed by atoms with E-state index >= 15 is 0 Å². The van der Waals surface area contributed by atoms with E-state index in [-0.39, 0.29) is 48.0 Å². The van der Waals surface area contributed by atoms with Crippen molar-refractivity contribution in [3.05, 3.63) is 86.7 Å². The van der Waals surface area contributed by atoms with Crippen LogP contribution in [0, 0.1) is 11.8 Å². The smallest absolute Gasteiger partial charge is 0.405 e. The lowest BCUT2D eigenvalue weighted by molar-refractivity contribution is -0.120. The second-order valence-electron chi connectivity index (χ2n) is 12.3. The molecular formula is C36H45Cl2N3O9. The van der Waals surface area contributed by atoms with Crippen LogP contribution in [-0.4, -0.2) is 80.5 Å². The first-order chi connectivity index (χ1) is 23.7. The first kappa shape index (κ1) is 40.5. The molecule has 0 fully saturated rings. The van der Waals surface area contributed by atoms with Gasteiger partial charge in [0.15, 0.2) is 6.10 Å². The third-order valence-corrected chi connectivity index (χ3v) is 8.88. The molecule has 1 aromatic carbocycles. The van der Waals surface area contributed by atoms with Gasteiger partial charge in [-0.1, -0.05) is 61.4 Å². The molecule has 6 atom stereocenters. The second-order valence-corrected chi connectivity index (χ2v) is 13.1. The van der Waals surface area contributed by atoms with Crippen molar-refractivity contribution in [1.29, 1.82) is 0 Å². The minimum atomic E-state index is -1.01. The van der Waals surface area contributed by atoms with Crippen LogP contribution in [0.1, 0.15) is 40.5 Å². The van der Waals surface area contributed by atoms with Gasteiger partial charge in [-0.05, 0) is 56.4 Å². The summed E-state index contributed by atoms with van der Waals surface area (Å²) in [5, 5.41) is 17.8. The summed E-state index contributed by atoms with van der Waals surface area (Å²) in [6.45, 7) is 7.19. The topological polar surface area (TPSA) is 176 Å². The number of methoxy groups -OCH3 is 2. The first-order valence-electron chi connectivity index (χ1n) is 16.1. The van der Waals surface area contributed by atoms with Crippen LogP contribution < -0.4 is 21.1 Å². The molecule has 1 aromatic rings. The van der Waals surface area contributed by atoms with E-state index in [9.17, 15) is 24.3 Å². The molecule has 0 unspecified atom stereocenters. The van der Waals surface area contributed by atoms with Gasteiger partial charge in [-0.2, -0.15) is 0 Å². The van der Waals surface area contributed by atoms with E-state index in [1.807, 2.05) is 6.92 Å². The minimum Gasteiger partial charge on any atom is -0.490 e. The molecule has 0 spiro atoms. The van der Waals surface area contributed by atoms with Gasteiger partial charge in [0.1, 0.15) is 18.5 Å². The minimum absolute atomic E-state index is 0.0827. The summed E-state index contributed by atoms with van der Waals surface area (Å²) in [5.41, 5.74) is 6.24. The van der Waals surface area contributed by atoms with Crippen molar-refractivity contribution in [3.63, 3.8) is 0 Å². The number of Topliss-reactive ketones (excluding diaryl/α,β-unsaturated/α-hetero) is 1. The number of nitrogens with one attached hydrogen (secondary N) is 2. The predicted molar refractivity (Wildman–Crippen MR) is 189 cm³/mol. The summed E-state index contributed by atoms with van der Waals surface area (Å²) in [6, 6.07) is 4.81. The number of primary amides is 1. The number of carbonyl (C=O) groups excluding carboxylic acids is 4. The monoisotopic (exact) mass is 733 g/mol. The van der Waals surface area contributed by atoms with Crippen molar-refractivity contribution in [1.82, 2.24) is 10.6 Å². The third kappa shape index (κ3) is 11.0. The summed E-state index contributed by atoms with van der Waals surface area (Å²) < 4.78 is 22.4. The lowest BCUT2D eigenvalue weighted by atomic mass is 9.85. The van der Waals surface area contributed by atoms with Gasteiger partial charge in [0.05, 0.1) is 28.6 Å². The van der Waals surface area contributed by atoms with Gasteiger partial charge >= 0.3 is 6.09 Å². The van der Waals surface area contributed by atoms with Crippen LogP contribution in [0.2, 0.25) is 10.0 Å². The standard InChI is InChI=1S/C36H45Cl2N3O9/c1-19-14-24-31(40-12-13-49-28-11-10-23(37)17-25(28)38)27(42)18-26(33(24)44)41-35(45)20(2)8-7-9-29(47-5)34(50-36(39)46)22(4)16-21(3)32(43)30(15-19)48-6/h7-11,16-19,21,29-30,32,34,40,43H,12-15H2,1-6H3,(H2,39,46)(H,41,45)/b9-7-,20-8+,22-16+/t19-,21+,29+,30+,32-,34+/m1/s1. The molecule has 3 rings (SSSR count). The van der Waals surface area contributed by atoms with Crippen molar-refractivity contribution >= 4 is 46.8 Å². The summed E-state index contributed by atoms with van der Waals surface area (Å²) in [5.74, 6) is -1.98. The Morgan fingerprint density at radius 3 is 2.48 bits per heavy atom. The molecule has 0 radical (unpaired) electrons. The Labute approximate surface area is 302 Å². The molecule has 1 aliphatic carbocycles. The number of ketones is 2. The number of hydrogen-bond donors (Lipinski definition) is 4. The quantitative estimate of drug-likeness (QED) is 0.166. The molecular weight excluding hydrogens is 689 g/mol. The highest BCUT2D eigenvalue weighted by molar-refractivity contribution is 6.35. The number of aliphatic hydroxyl groups excluding tert-OH is 1. The molecule has 272 valence electrons. The van der Waals surface area contributed by atoms with Crippen LogP contribution in [0.4, 0.5) is 4.79 Å². The van der Waals surface area contributed by atoms with Crippen molar-refractivity contribution < 1.29 is 43.2 Å². The Kier molecular flexibility index (Phi) is 15.3. The summed E-state index contributed by atoms with van der Waals surface area (Å²) in [4.78, 5) is 52.3. The number of ether oxygens (including phenoxy) is 4. The number of carbonyl (C=O) groups is 4. The van der Waals surface area contributed by atoms with Crippen LogP contribution in [0.15, 0.2) is 76.7 Å². The summed E-state index contributed by atoms with van der Waals surface area (Å²) in [6.07, 6.45) is 3.44. The Morgan fingerprint density at radius 2 is 1.84 bits per heavy atom. The fourth-order valence-corrected chi connectivity index (χ4v) is 6.17. The lowest BCUT2D eigenvalue weighted by Gasteiger charge is -2.30. The maximum absolute atomic E-state index is 13.9. The van der Waals surface area contributed by atoms with Gasteiger partial charge in [0.2, 0.25) is 11.6 Å². The van der Waals surface area contributed by atoms with Gasteiger partial charge in [0, 0.05) is 48.9 Å². The fraction of sp³-hybridized carbons (Fsp3) is 0.444. The number of aliphatic hydroxyl groups is 1. The van der Waals surface area contributed by atoms with E-state index in [0.717, 1.165) is 6.08 Å². The molecule has 14 heteroatoms. The van der Waals surface area contributed by atoms with Crippen LogP contribution in [0.3, 0.4) is 0 Å². The highest BCUT2D eigenvalue weighted by Crippen LogP contribution is 2.30.